The van der Waals surface area contributed by atoms with Crippen molar-refractivity contribution in [1.29, 1.82) is 0 Å². The number of nitro groups is 1. The van der Waals surface area contributed by atoms with E-state index < -0.39 is 16.7 Å². The molecule has 9 heteroatoms. The minimum Gasteiger partial charge on any atom is -0.395 e. The maximum absolute atomic E-state index is 12.6. The van der Waals surface area contributed by atoms with Crippen LogP contribution in [-0.4, -0.2) is 42.4 Å². The molecule has 0 radical (unpaired) electrons. The highest BCUT2D eigenvalue weighted by Gasteiger charge is 2.22. The van der Waals surface area contributed by atoms with E-state index in [1.807, 2.05) is 0 Å². The molecule has 3 N–H and O–H groups in total. The predicted octanol–water partition coefficient (Wildman–Crippen LogP) is 2.02. The highest BCUT2D eigenvalue weighted by atomic mass is 16.6. The first-order valence-electron chi connectivity index (χ1n) is 10.2. The number of furan rings is 1. The van der Waals surface area contributed by atoms with E-state index in [9.17, 15) is 19.7 Å². The summed E-state index contributed by atoms with van der Waals surface area (Å²) in [6, 6.07) is 9.62. The van der Waals surface area contributed by atoms with Crippen LogP contribution in [0.2, 0.25) is 0 Å². The van der Waals surface area contributed by atoms with Gasteiger partial charge in [0.25, 0.3) is 11.8 Å². The lowest BCUT2D eigenvalue weighted by atomic mass is 10.0. The third kappa shape index (κ3) is 5.44. The Labute approximate surface area is 174 Å². The number of rotatable bonds is 8. The van der Waals surface area contributed by atoms with Crippen LogP contribution in [-0.2, 0) is 0 Å². The summed E-state index contributed by atoms with van der Waals surface area (Å²) in [5, 5.41) is 16.2. The van der Waals surface area contributed by atoms with Gasteiger partial charge in [-0.15, -0.1) is 0 Å². The SMILES string of the molecule is C[C@H]1CCCC[NH+]1CCCNC(=O)c1ccccc1NC(=O)c1ccc([N+](=O)[O-])o1. The molecule has 0 aliphatic carbocycles. The Morgan fingerprint density at radius 1 is 1.20 bits per heavy atom. The maximum Gasteiger partial charge on any atom is 0.433 e. The summed E-state index contributed by atoms with van der Waals surface area (Å²) in [6.45, 7) is 5.05. The number of carbonyl (C=O) groups is 2. The zero-order valence-corrected chi connectivity index (χ0v) is 17.0. The first-order chi connectivity index (χ1) is 14.5. The van der Waals surface area contributed by atoms with E-state index >= 15 is 0 Å². The molecule has 2 heterocycles. The molecule has 9 nitrogen and oxygen atoms in total. The average Bonchev–Trinajstić information content (AvgIpc) is 3.23. The highest BCUT2D eigenvalue weighted by molar-refractivity contribution is 6.07. The molecular weight excluding hydrogens is 388 g/mol. The van der Waals surface area contributed by atoms with Crippen molar-refractivity contribution < 1.29 is 23.8 Å². The van der Waals surface area contributed by atoms with Gasteiger partial charge in [0.05, 0.1) is 36.4 Å². The van der Waals surface area contributed by atoms with E-state index in [-0.39, 0.29) is 11.7 Å². The van der Waals surface area contributed by atoms with Gasteiger partial charge in [-0.05, 0) is 44.4 Å². The summed E-state index contributed by atoms with van der Waals surface area (Å²) in [5.74, 6) is -1.66. The van der Waals surface area contributed by atoms with Crippen LogP contribution >= 0.6 is 0 Å². The lowest BCUT2D eigenvalue weighted by molar-refractivity contribution is -0.928. The standard InChI is InChI=1S/C21H26N4O5/c1-15-7-4-5-13-24(15)14-6-12-22-20(26)16-8-2-3-9-17(16)23-21(27)18-10-11-19(30-18)25(28)29/h2-3,8-11,15H,4-7,12-14H2,1H3,(H,22,26)(H,23,27)/p+1/t15-/m0/s1. The van der Waals surface area contributed by atoms with Crippen LogP contribution in [0, 0.1) is 10.1 Å². The van der Waals surface area contributed by atoms with Gasteiger partial charge in [0.1, 0.15) is 4.92 Å². The van der Waals surface area contributed by atoms with Crippen LogP contribution < -0.4 is 15.5 Å². The Morgan fingerprint density at radius 3 is 2.73 bits per heavy atom. The Kier molecular flexibility index (Phi) is 7.18. The van der Waals surface area contributed by atoms with E-state index in [0.29, 0.717) is 23.8 Å². The van der Waals surface area contributed by atoms with Gasteiger partial charge in [0.15, 0.2) is 5.76 Å². The Bertz CT molecular complexity index is 910. The molecule has 3 rings (SSSR count). The van der Waals surface area contributed by atoms with Crippen molar-refractivity contribution in [3.8, 4) is 0 Å². The quantitative estimate of drug-likeness (QED) is 0.346. The average molecular weight is 415 g/mol. The van der Waals surface area contributed by atoms with Crippen molar-refractivity contribution >= 4 is 23.4 Å². The molecule has 1 aromatic heterocycles. The van der Waals surface area contributed by atoms with Gasteiger partial charge in [-0.1, -0.05) is 12.1 Å². The number of hydrogen-bond donors (Lipinski definition) is 3. The van der Waals surface area contributed by atoms with Gasteiger partial charge >= 0.3 is 5.88 Å². The van der Waals surface area contributed by atoms with E-state index in [2.05, 4.69) is 17.6 Å². The number of anilines is 1. The second kappa shape index (κ2) is 10.0. The number of piperidine rings is 1. The van der Waals surface area contributed by atoms with E-state index in [1.165, 1.54) is 31.9 Å². The van der Waals surface area contributed by atoms with Gasteiger partial charge in [0.2, 0.25) is 0 Å². The molecule has 2 atom stereocenters. The molecule has 1 fully saturated rings. The first-order valence-corrected chi connectivity index (χ1v) is 10.2. The number of carbonyl (C=O) groups excluding carboxylic acids is 2. The third-order valence-electron chi connectivity index (χ3n) is 5.46. The van der Waals surface area contributed by atoms with Gasteiger partial charge < -0.3 is 20.0 Å². The fourth-order valence-electron chi connectivity index (χ4n) is 3.76. The number of nitrogens with zero attached hydrogens (tertiary/aromatic N) is 1. The second-order valence-corrected chi connectivity index (χ2v) is 7.56. The fraction of sp³-hybridized carbons (Fsp3) is 0.429. The summed E-state index contributed by atoms with van der Waals surface area (Å²) in [4.78, 5) is 36.5. The minimum atomic E-state index is -0.718. The lowest BCUT2D eigenvalue weighted by Gasteiger charge is -2.30. The monoisotopic (exact) mass is 415 g/mol. The van der Waals surface area contributed by atoms with Gasteiger partial charge in [-0.2, -0.15) is 0 Å². The minimum absolute atomic E-state index is 0.199. The molecule has 1 saturated heterocycles. The molecular formula is C21H27N4O5+. The molecule has 0 saturated carbocycles. The summed E-state index contributed by atoms with van der Waals surface area (Å²) in [6.07, 6.45) is 4.71. The Balaban J connectivity index is 1.55. The maximum atomic E-state index is 12.6. The summed E-state index contributed by atoms with van der Waals surface area (Å²) < 4.78 is 4.91. The second-order valence-electron chi connectivity index (χ2n) is 7.56. The van der Waals surface area contributed by atoms with Gasteiger partial charge in [-0.3, -0.25) is 19.7 Å². The van der Waals surface area contributed by atoms with Crippen molar-refractivity contribution in [3.05, 3.63) is 57.8 Å². The number of likely N-dealkylation sites (tertiary alicyclic amines) is 1. The zero-order chi connectivity index (χ0) is 21.5. The molecule has 1 aliphatic heterocycles. The highest BCUT2D eigenvalue weighted by Crippen LogP contribution is 2.19. The lowest BCUT2D eigenvalue weighted by Crippen LogP contribution is -3.16. The number of amides is 2. The molecule has 1 aromatic carbocycles. The first kappa shape index (κ1) is 21.5. The van der Waals surface area contributed by atoms with Crippen LogP contribution in [0.1, 0.15) is 53.5 Å². The number of benzene rings is 1. The molecule has 1 unspecified atom stereocenters. The van der Waals surface area contributed by atoms with Crippen molar-refractivity contribution in [1.82, 2.24) is 5.32 Å². The van der Waals surface area contributed by atoms with Crippen LogP contribution in [0.4, 0.5) is 11.6 Å². The normalized spacial score (nSPS) is 18.6. The third-order valence-corrected chi connectivity index (χ3v) is 5.46. The van der Waals surface area contributed by atoms with Crippen LogP contribution in [0.15, 0.2) is 40.8 Å². The molecule has 160 valence electrons. The summed E-state index contributed by atoms with van der Waals surface area (Å²) >= 11 is 0. The van der Waals surface area contributed by atoms with Crippen LogP contribution in [0.5, 0.6) is 0 Å². The molecule has 2 aromatic rings. The number of nitrogens with one attached hydrogen (secondary N) is 3. The molecule has 30 heavy (non-hydrogen) atoms. The van der Waals surface area contributed by atoms with Crippen molar-refractivity contribution in [3.63, 3.8) is 0 Å². The zero-order valence-electron chi connectivity index (χ0n) is 17.0. The predicted molar refractivity (Wildman–Crippen MR) is 111 cm³/mol. The van der Waals surface area contributed by atoms with Gasteiger partial charge in [-0.25, -0.2) is 0 Å². The fourth-order valence-corrected chi connectivity index (χ4v) is 3.76. The largest absolute Gasteiger partial charge is 0.433 e. The summed E-state index contributed by atoms with van der Waals surface area (Å²) in [7, 11) is 0. The smallest absolute Gasteiger partial charge is 0.395 e. The number of quaternary nitrogens is 1. The van der Waals surface area contributed by atoms with Crippen molar-refractivity contribution in [2.24, 2.45) is 0 Å². The molecule has 2 amide bonds. The van der Waals surface area contributed by atoms with Crippen molar-refractivity contribution in [2.75, 3.05) is 25.0 Å². The number of hydrogen-bond acceptors (Lipinski definition) is 5. The number of para-hydroxylation sites is 1. The summed E-state index contributed by atoms with van der Waals surface area (Å²) in [5.41, 5.74) is 0.639. The molecule has 0 bridgehead atoms. The van der Waals surface area contributed by atoms with Crippen molar-refractivity contribution in [2.45, 2.75) is 38.6 Å². The van der Waals surface area contributed by atoms with E-state index in [4.69, 9.17) is 4.42 Å². The Hall–Kier alpha value is -3.20. The topological polar surface area (TPSA) is 119 Å². The molecule has 0 spiro atoms. The van der Waals surface area contributed by atoms with Gasteiger partial charge in [0, 0.05) is 13.0 Å². The van der Waals surface area contributed by atoms with Crippen LogP contribution in [0.3, 0.4) is 0 Å². The van der Waals surface area contributed by atoms with E-state index in [0.717, 1.165) is 19.0 Å². The van der Waals surface area contributed by atoms with E-state index in [1.54, 1.807) is 29.2 Å². The Morgan fingerprint density at radius 2 is 2.00 bits per heavy atom. The molecule has 1 aliphatic rings. The van der Waals surface area contributed by atoms with Crippen LogP contribution in [0.25, 0.3) is 0 Å².